The fraction of sp³-hybridized carbons (Fsp3) is 0.292. The molecule has 0 unspecified atom stereocenters. The smallest absolute Gasteiger partial charge is 0.292 e. The van der Waals surface area contributed by atoms with Gasteiger partial charge in [-0.2, -0.15) is 0 Å². The van der Waals surface area contributed by atoms with Crippen LogP contribution in [0.2, 0.25) is 0 Å². The summed E-state index contributed by atoms with van der Waals surface area (Å²) in [4.78, 5) is 29.0. The normalized spacial score (nSPS) is 15.0. The first-order valence-electron chi connectivity index (χ1n) is 10.4. The van der Waals surface area contributed by atoms with Crippen LogP contribution in [0.15, 0.2) is 65.4 Å². The number of anilines is 1. The van der Waals surface area contributed by atoms with Crippen LogP contribution >= 0.6 is 0 Å². The predicted molar refractivity (Wildman–Crippen MR) is 118 cm³/mol. The van der Waals surface area contributed by atoms with E-state index in [9.17, 15) is 9.59 Å². The van der Waals surface area contributed by atoms with Gasteiger partial charge in [-0.3, -0.25) is 9.59 Å². The molecule has 0 bridgehead atoms. The minimum Gasteiger partial charge on any atom is -0.497 e. The topological polar surface area (TPSA) is 103 Å². The Morgan fingerprint density at radius 3 is 2.47 bits per heavy atom. The van der Waals surface area contributed by atoms with Gasteiger partial charge in [-0.05, 0) is 54.8 Å². The van der Waals surface area contributed by atoms with Gasteiger partial charge in [0.25, 0.3) is 11.8 Å². The second-order valence-corrected chi connectivity index (χ2v) is 7.67. The van der Waals surface area contributed by atoms with Crippen molar-refractivity contribution in [1.29, 1.82) is 0 Å². The molecule has 1 fully saturated rings. The minimum absolute atomic E-state index is 0.189. The first-order valence-corrected chi connectivity index (χ1v) is 10.4. The van der Waals surface area contributed by atoms with Gasteiger partial charge in [-0.15, -0.1) is 0 Å². The summed E-state index contributed by atoms with van der Waals surface area (Å²) < 4.78 is 15.9. The first-order chi connectivity index (χ1) is 15.6. The molecular formula is C24H25N3O5. The van der Waals surface area contributed by atoms with Crippen LogP contribution in [0.4, 0.5) is 5.82 Å². The number of carbonyl (C=O) groups is 2. The molecule has 32 heavy (non-hydrogen) atoms. The average molecular weight is 435 g/mol. The van der Waals surface area contributed by atoms with Crippen LogP contribution in [0.25, 0.3) is 0 Å². The van der Waals surface area contributed by atoms with E-state index in [2.05, 4.69) is 15.6 Å². The molecule has 3 aromatic rings. The largest absolute Gasteiger partial charge is 0.497 e. The second-order valence-electron chi connectivity index (χ2n) is 7.67. The zero-order valence-corrected chi connectivity index (χ0v) is 17.8. The van der Waals surface area contributed by atoms with Gasteiger partial charge in [-0.1, -0.05) is 12.1 Å². The number of nitrogens with one attached hydrogen (secondary N) is 2. The number of pyridine rings is 1. The van der Waals surface area contributed by atoms with E-state index in [1.54, 1.807) is 31.4 Å². The zero-order chi connectivity index (χ0) is 22.4. The molecule has 166 valence electrons. The Labute approximate surface area is 185 Å². The molecule has 0 aliphatic carbocycles. The van der Waals surface area contributed by atoms with Crippen molar-refractivity contribution in [3.05, 3.63) is 77.9 Å². The maximum atomic E-state index is 12.8. The molecule has 8 heteroatoms. The van der Waals surface area contributed by atoms with Crippen LogP contribution in [0.5, 0.6) is 5.75 Å². The molecule has 1 aromatic carbocycles. The summed E-state index contributed by atoms with van der Waals surface area (Å²) in [5, 5.41) is 5.68. The standard InChI is InChI=1S/C24H25N3O5/c1-30-19-7-5-18(6-8-19)24(10-13-31-14-11-24)16-26-22(28)17-4-9-21(25-15-17)27-23(29)20-3-2-12-32-20/h2-9,12,15H,10-11,13-14,16H2,1H3,(H,26,28)(H,25,27,29). The SMILES string of the molecule is COc1ccc(C2(CNC(=O)c3ccc(NC(=O)c4ccco4)nc3)CCOCC2)cc1. The highest BCUT2D eigenvalue weighted by Crippen LogP contribution is 2.35. The van der Waals surface area contributed by atoms with Crippen LogP contribution in [0, 0.1) is 0 Å². The number of hydrogen-bond donors (Lipinski definition) is 2. The predicted octanol–water partition coefficient (Wildman–Crippen LogP) is 3.41. The van der Waals surface area contributed by atoms with Crippen molar-refractivity contribution in [2.45, 2.75) is 18.3 Å². The number of rotatable bonds is 7. The number of furan rings is 1. The third-order valence-electron chi connectivity index (χ3n) is 5.75. The van der Waals surface area contributed by atoms with Crippen LogP contribution < -0.4 is 15.4 Å². The van der Waals surface area contributed by atoms with E-state index in [-0.39, 0.29) is 17.1 Å². The van der Waals surface area contributed by atoms with E-state index in [1.807, 2.05) is 24.3 Å². The molecule has 1 aliphatic rings. The Balaban J connectivity index is 1.41. The summed E-state index contributed by atoms with van der Waals surface area (Å²) in [5.41, 5.74) is 1.36. The van der Waals surface area contributed by atoms with Crippen LogP contribution in [-0.2, 0) is 10.2 Å². The number of ether oxygens (including phenoxy) is 2. The second kappa shape index (κ2) is 9.65. The van der Waals surface area contributed by atoms with Crippen molar-refractivity contribution in [3.63, 3.8) is 0 Å². The molecule has 2 N–H and O–H groups in total. The fourth-order valence-corrected chi connectivity index (χ4v) is 3.81. The third-order valence-corrected chi connectivity index (χ3v) is 5.75. The number of hydrogen-bond acceptors (Lipinski definition) is 6. The number of nitrogens with zero attached hydrogens (tertiary/aromatic N) is 1. The van der Waals surface area contributed by atoms with E-state index in [0.29, 0.717) is 31.1 Å². The Morgan fingerprint density at radius 2 is 1.84 bits per heavy atom. The molecule has 2 amide bonds. The van der Waals surface area contributed by atoms with E-state index < -0.39 is 5.91 Å². The van der Waals surface area contributed by atoms with Crippen molar-refractivity contribution in [2.75, 3.05) is 32.2 Å². The molecule has 1 aliphatic heterocycles. The van der Waals surface area contributed by atoms with Crippen molar-refractivity contribution in [3.8, 4) is 5.75 Å². The third kappa shape index (κ3) is 4.81. The summed E-state index contributed by atoms with van der Waals surface area (Å²) in [6, 6.07) is 14.4. The number of amides is 2. The van der Waals surface area contributed by atoms with Gasteiger partial charge >= 0.3 is 0 Å². The maximum absolute atomic E-state index is 12.8. The summed E-state index contributed by atoms with van der Waals surface area (Å²) in [6.07, 6.45) is 4.50. The molecule has 0 saturated carbocycles. The number of carbonyl (C=O) groups excluding carboxylic acids is 2. The molecule has 3 heterocycles. The van der Waals surface area contributed by atoms with Crippen molar-refractivity contribution < 1.29 is 23.5 Å². The Bertz CT molecular complexity index is 1040. The van der Waals surface area contributed by atoms with E-state index in [0.717, 1.165) is 24.2 Å². The highest BCUT2D eigenvalue weighted by Gasteiger charge is 2.35. The van der Waals surface area contributed by atoms with Crippen LogP contribution in [-0.4, -0.2) is 43.7 Å². The molecule has 0 spiro atoms. The van der Waals surface area contributed by atoms with E-state index in [4.69, 9.17) is 13.9 Å². The van der Waals surface area contributed by atoms with Crippen molar-refractivity contribution >= 4 is 17.6 Å². The zero-order valence-electron chi connectivity index (χ0n) is 17.8. The van der Waals surface area contributed by atoms with Gasteiger partial charge in [0.2, 0.25) is 0 Å². The van der Waals surface area contributed by atoms with Gasteiger partial charge in [-0.25, -0.2) is 4.98 Å². The summed E-state index contributed by atoms with van der Waals surface area (Å²) in [6.45, 7) is 1.78. The van der Waals surface area contributed by atoms with Gasteiger partial charge in [0.05, 0.1) is 18.9 Å². The van der Waals surface area contributed by atoms with Gasteiger partial charge < -0.3 is 24.5 Å². The molecular weight excluding hydrogens is 410 g/mol. The monoisotopic (exact) mass is 435 g/mol. The molecule has 2 aromatic heterocycles. The highest BCUT2D eigenvalue weighted by molar-refractivity contribution is 6.02. The summed E-state index contributed by atoms with van der Waals surface area (Å²) >= 11 is 0. The molecule has 1 saturated heterocycles. The maximum Gasteiger partial charge on any atom is 0.292 e. The number of benzene rings is 1. The molecule has 8 nitrogen and oxygen atoms in total. The minimum atomic E-state index is -0.402. The van der Waals surface area contributed by atoms with Gasteiger partial charge in [0.1, 0.15) is 11.6 Å². The Hall–Kier alpha value is -3.65. The fourth-order valence-electron chi connectivity index (χ4n) is 3.81. The van der Waals surface area contributed by atoms with Crippen molar-refractivity contribution in [2.24, 2.45) is 0 Å². The summed E-state index contributed by atoms with van der Waals surface area (Å²) in [5.74, 6) is 0.697. The lowest BCUT2D eigenvalue weighted by molar-refractivity contribution is 0.0487. The molecule has 0 radical (unpaired) electrons. The van der Waals surface area contributed by atoms with Gasteiger partial charge in [0.15, 0.2) is 5.76 Å². The van der Waals surface area contributed by atoms with Crippen molar-refractivity contribution in [1.82, 2.24) is 10.3 Å². The average Bonchev–Trinajstić information content (AvgIpc) is 3.39. The lowest BCUT2D eigenvalue weighted by Gasteiger charge is -2.38. The highest BCUT2D eigenvalue weighted by atomic mass is 16.5. The molecule has 0 atom stereocenters. The lowest BCUT2D eigenvalue weighted by Crippen LogP contribution is -2.44. The quantitative estimate of drug-likeness (QED) is 0.590. The Kier molecular flexibility index (Phi) is 6.51. The van der Waals surface area contributed by atoms with Crippen LogP contribution in [0.1, 0.15) is 39.3 Å². The van der Waals surface area contributed by atoms with Crippen LogP contribution in [0.3, 0.4) is 0 Å². The summed E-state index contributed by atoms with van der Waals surface area (Å²) in [7, 11) is 1.64. The number of aromatic nitrogens is 1. The van der Waals surface area contributed by atoms with Gasteiger partial charge in [0, 0.05) is 31.4 Å². The van der Waals surface area contributed by atoms with E-state index >= 15 is 0 Å². The lowest BCUT2D eigenvalue weighted by atomic mass is 9.74. The number of methoxy groups -OCH3 is 1. The molecule has 4 rings (SSSR count). The first kappa shape index (κ1) is 21.6. The van der Waals surface area contributed by atoms with E-state index in [1.165, 1.54) is 12.5 Å². The Morgan fingerprint density at radius 1 is 1.06 bits per heavy atom.